The minimum absolute atomic E-state index is 0.0651. The Bertz CT molecular complexity index is 532. The number of carbonyl (C=O) groups excluding carboxylic acids is 1. The molecule has 0 bridgehead atoms. The van der Waals surface area contributed by atoms with Gasteiger partial charge in [0.1, 0.15) is 5.75 Å². The Labute approximate surface area is 151 Å². The van der Waals surface area contributed by atoms with Gasteiger partial charge in [0.2, 0.25) is 5.91 Å². The average molecular weight is 345 g/mol. The average Bonchev–Trinajstić information content (AvgIpc) is 2.65. The molecule has 3 rings (SSSR count). The Kier molecular flexibility index (Phi) is 6.70. The van der Waals surface area contributed by atoms with Gasteiger partial charge in [-0.05, 0) is 44.0 Å². The van der Waals surface area contributed by atoms with Gasteiger partial charge in [-0.1, -0.05) is 19.3 Å². The van der Waals surface area contributed by atoms with E-state index in [4.69, 9.17) is 4.74 Å². The first-order valence-electron chi connectivity index (χ1n) is 9.73. The summed E-state index contributed by atoms with van der Waals surface area (Å²) in [5, 5.41) is 2.98. The fraction of sp³-hybridized carbons (Fsp3) is 0.650. The quantitative estimate of drug-likeness (QED) is 0.861. The molecule has 1 saturated heterocycles. The van der Waals surface area contributed by atoms with Crippen molar-refractivity contribution in [1.82, 2.24) is 9.80 Å². The van der Waals surface area contributed by atoms with Gasteiger partial charge in [0.15, 0.2) is 0 Å². The Morgan fingerprint density at radius 1 is 1.08 bits per heavy atom. The summed E-state index contributed by atoms with van der Waals surface area (Å²) in [5.41, 5.74) is 0.828. The highest BCUT2D eigenvalue weighted by Crippen LogP contribution is 2.23. The number of hydrogen-bond acceptors (Lipinski definition) is 4. The third kappa shape index (κ3) is 5.44. The number of amides is 1. The molecule has 0 radical (unpaired) electrons. The standard InChI is InChI=1S/C20H31N3O2/c1-2-25-19-10-8-17(9-11-19)21-20(24)16-22-12-14-23(15-13-22)18-6-4-3-5-7-18/h8-11,18H,2-7,12-16H2,1H3,(H,21,24). The Balaban J connectivity index is 1.40. The maximum atomic E-state index is 12.3. The molecule has 2 fully saturated rings. The van der Waals surface area contributed by atoms with E-state index < -0.39 is 0 Å². The van der Waals surface area contributed by atoms with Crippen LogP contribution in [0.15, 0.2) is 24.3 Å². The molecule has 1 heterocycles. The van der Waals surface area contributed by atoms with Crippen LogP contribution < -0.4 is 10.1 Å². The van der Waals surface area contributed by atoms with E-state index in [0.717, 1.165) is 43.7 Å². The van der Waals surface area contributed by atoms with Gasteiger partial charge in [0.05, 0.1) is 13.2 Å². The lowest BCUT2D eigenvalue weighted by molar-refractivity contribution is -0.117. The molecule has 1 aliphatic heterocycles. The van der Waals surface area contributed by atoms with Crippen LogP contribution >= 0.6 is 0 Å². The molecule has 5 nitrogen and oxygen atoms in total. The summed E-state index contributed by atoms with van der Waals surface area (Å²) in [7, 11) is 0. The fourth-order valence-corrected chi connectivity index (χ4v) is 3.94. The van der Waals surface area contributed by atoms with Gasteiger partial charge in [-0.25, -0.2) is 0 Å². The van der Waals surface area contributed by atoms with E-state index in [1.165, 1.54) is 32.1 Å². The monoisotopic (exact) mass is 345 g/mol. The number of ether oxygens (including phenoxy) is 1. The number of hydrogen-bond donors (Lipinski definition) is 1. The minimum Gasteiger partial charge on any atom is -0.494 e. The van der Waals surface area contributed by atoms with E-state index >= 15 is 0 Å². The van der Waals surface area contributed by atoms with Gasteiger partial charge in [0, 0.05) is 37.9 Å². The molecule has 5 heteroatoms. The van der Waals surface area contributed by atoms with E-state index in [2.05, 4.69) is 15.1 Å². The predicted molar refractivity (Wildman–Crippen MR) is 101 cm³/mol. The number of nitrogens with zero attached hydrogens (tertiary/aromatic N) is 2. The lowest BCUT2D eigenvalue weighted by Crippen LogP contribution is -2.52. The van der Waals surface area contributed by atoms with E-state index in [9.17, 15) is 4.79 Å². The molecule has 25 heavy (non-hydrogen) atoms. The van der Waals surface area contributed by atoms with Crippen molar-refractivity contribution in [2.45, 2.75) is 45.1 Å². The lowest BCUT2D eigenvalue weighted by Gasteiger charge is -2.40. The third-order valence-electron chi connectivity index (χ3n) is 5.31. The Hall–Kier alpha value is -1.59. The van der Waals surface area contributed by atoms with E-state index in [-0.39, 0.29) is 5.91 Å². The summed E-state index contributed by atoms with van der Waals surface area (Å²) in [5.74, 6) is 0.898. The van der Waals surface area contributed by atoms with Crippen LogP contribution in [0.5, 0.6) is 5.75 Å². The summed E-state index contributed by atoms with van der Waals surface area (Å²) < 4.78 is 5.42. The second-order valence-corrected chi connectivity index (χ2v) is 7.11. The molecule has 138 valence electrons. The molecule has 1 N–H and O–H groups in total. The summed E-state index contributed by atoms with van der Waals surface area (Å²) in [6, 6.07) is 8.35. The number of carbonyl (C=O) groups is 1. The maximum Gasteiger partial charge on any atom is 0.238 e. The molecular weight excluding hydrogens is 314 g/mol. The van der Waals surface area contributed by atoms with Crippen molar-refractivity contribution >= 4 is 11.6 Å². The topological polar surface area (TPSA) is 44.8 Å². The van der Waals surface area contributed by atoms with E-state index in [1.54, 1.807) is 0 Å². The van der Waals surface area contributed by atoms with Gasteiger partial charge in [0.25, 0.3) is 0 Å². The normalized spacial score (nSPS) is 20.4. The molecule has 0 atom stereocenters. The summed E-state index contributed by atoms with van der Waals surface area (Å²) in [6.07, 6.45) is 6.89. The van der Waals surface area contributed by atoms with Crippen LogP contribution in [0.3, 0.4) is 0 Å². The number of piperazine rings is 1. The molecule has 1 aromatic carbocycles. The zero-order valence-corrected chi connectivity index (χ0v) is 15.4. The minimum atomic E-state index is 0.0651. The van der Waals surface area contributed by atoms with Crippen LogP contribution in [-0.4, -0.2) is 61.1 Å². The fourth-order valence-electron chi connectivity index (χ4n) is 3.94. The number of anilines is 1. The molecular formula is C20H31N3O2. The number of rotatable bonds is 6. The second kappa shape index (κ2) is 9.20. The molecule has 2 aliphatic rings. The van der Waals surface area contributed by atoms with Crippen molar-refractivity contribution < 1.29 is 9.53 Å². The number of nitrogens with one attached hydrogen (secondary N) is 1. The maximum absolute atomic E-state index is 12.3. The van der Waals surface area contributed by atoms with Crippen molar-refractivity contribution in [3.63, 3.8) is 0 Å². The van der Waals surface area contributed by atoms with Gasteiger partial charge < -0.3 is 10.1 Å². The summed E-state index contributed by atoms with van der Waals surface area (Å²) >= 11 is 0. The molecule has 1 aromatic rings. The Morgan fingerprint density at radius 2 is 1.76 bits per heavy atom. The van der Waals surface area contributed by atoms with Gasteiger partial charge in [-0.2, -0.15) is 0 Å². The van der Waals surface area contributed by atoms with Crippen LogP contribution in [0.2, 0.25) is 0 Å². The first kappa shape index (κ1) is 18.2. The molecule has 0 aromatic heterocycles. The van der Waals surface area contributed by atoms with E-state index in [0.29, 0.717) is 13.2 Å². The highest BCUT2D eigenvalue weighted by molar-refractivity contribution is 5.92. The first-order valence-corrected chi connectivity index (χ1v) is 9.73. The number of benzene rings is 1. The van der Waals surface area contributed by atoms with Crippen LogP contribution in [0.4, 0.5) is 5.69 Å². The Morgan fingerprint density at radius 3 is 2.40 bits per heavy atom. The third-order valence-corrected chi connectivity index (χ3v) is 5.31. The zero-order chi connectivity index (χ0) is 17.5. The SMILES string of the molecule is CCOc1ccc(NC(=O)CN2CCN(C3CCCCC3)CC2)cc1. The highest BCUT2D eigenvalue weighted by atomic mass is 16.5. The van der Waals surface area contributed by atoms with Crippen molar-refractivity contribution in [1.29, 1.82) is 0 Å². The summed E-state index contributed by atoms with van der Waals surface area (Å²) in [6.45, 7) is 7.27. The largest absolute Gasteiger partial charge is 0.494 e. The van der Waals surface area contributed by atoms with Crippen molar-refractivity contribution in [3.05, 3.63) is 24.3 Å². The van der Waals surface area contributed by atoms with E-state index in [1.807, 2.05) is 31.2 Å². The highest BCUT2D eigenvalue weighted by Gasteiger charge is 2.25. The van der Waals surface area contributed by atoms with Crippen LogP contribution in [0, 0.1) is 0 Å². The summed E-state index contributed by atoms with van der Waals surface area (Å²) in [4.78, 5) is 17.2. The molecule has 1 amide bonds. The van der Waals surface area contributed by atoms with Crippen molar-refractivity contribution in [3.8, 4) is 5.75 Å². The van der Waals surface area contributed by atoms with Gasteiger partial charge in [-0.3, -0.25) is 14.6 Å². The lowest BCUT2D eigenvalue weighted by atomic mass is 9.94. The first-order chi connectivity index (χ1) is 12.2. The van der Waals surface area contributed by atoms with Crippen LogP contribution in [0.25, 0.3) is 0 Å². The van der Waals surface area contributed by atoms with Crippen LogP contribution in [0.1, 0.15) is 39.0 Å². The van der Waals surface area contributed by atoms with Gasteiger partial charge >= 0.3 is 0 Å². The smallest absolute Gasteiger partial charge is 0.238 e. The molecule has 0 spiro atoms. The predicted octanol–water partition coefficient (Wildman–Crippen LogP) is 2.97. The second-order valence-electron chi connectivity index (χ2n) is 7.11. The molecule has 1 aliphatic carbocycles. The molecule has 0 unspecified atom stereocenters. The zero-order valence-electron chi connectivity index (χ0n) is 15.4. The van der Waals surface area contributed by atoms with Crippen LogP contribution in [-0.2, 0) is 4.79 Å². The van der Waals surface area contributed by atoms with Crippen molar-refractivity contribution in [2.24, 2.45) is 0 Å². The van der Waals surface area contributed by atoms with Crippen molar-refractivity contribution in [2.75, 3.05) is 44.6 Å². The molecule has 1 saturated carbocycles. The van der Waals surface area contributed by atoms with Gasteiger partial charge in [-0.15, -0.1) is 0 Å².